The quantitative estimate of drug-likeness (QED) is 0.624. The van der Waals surface area contributed by atoms with Crippen molar-refractivity contribution in [2.24, 2.45) is 0 Å². The Bertz CT molecular complexity index is 260. The largest absolute Gasteiger partial charge is 0.337 e. The highest BCUT2D eigenvalue weighted by Crippen LogP contribution is 2.30. The van der Waals surface area contributed by atoms with E-state index in [4.69, 9.17) is 11.6 Å². The highest BCUT2D eigenvalue weighted by Gasteiger charge is 2.20. The molecule has 3 heteroatoms. The lowest BCUT2D eigenvalue weighted by molar-refractivity contribution is 0.579. The summed E-state index contributed by atoms with van der Waals surface area (Å²) in [6.45, 7) is 5.96. The highest BCUT2D eigenvalue weighted by molar-refractivity contribution is 6.31. The van der Waals surface area contributed by atoms with E-state index in [-0.39, 0.29) is 10.4 Å². The van der Waals surface area contributed by atoms with E-state index in [1.807, 2.05) is 20.8 Å². The second-order valence-electron chi connectivity index (χ2n) is 3.58. The predicted octanol–water partition coefficient (Wildman–Crippen LogP) is 3.10. The van der Waals surface area contributed by atoms with Gasteiger partial charge in [0.2, 0.25) is 5.95 Å². The summed E-state index contributed by atoms with van der Waals surface area (Å²) in [4.78, 5) is 2.44. The molecule has 1 N–H and O–H groups in total. The van der Waals surface area contributed by atoms with Crippen molar-refractivity contribution in [2.45, 2.75) is 26.2 Å². The zero-order valence-corrected chi connectivity index (χ0v) is 7.59. The van der Waals surface area contributed by atoms with Crippen LogP contribution in [0.25, 0.3) is 0 Å². The molecule has 11 heavy (non-hydrogen) atoms. The zero-order chi connectivity index (χ0) is 8.65. The van der Waals surface area contributed by atoms with Crippen LogP contribution in [0.4, 0.5) is 4.39 Å². The summed E-state index contributed by atoms with van der Waals surface area (Å²) in [5.41, 5.74) is 0.717. The highest BCUT2D eigenvalue weighted by atomic mass is 35.5. The molecule has 0 aromatic carbocycles. The Kier molecular flexibility index (Phi) is 1.97. The topological polar surface area (TPSA) is 15.8 Å². The maximum absolute atomic E-state index is 12.7. The number of hydrogen-bond donors (Lipinski definition) is 1. The van der Waals surface area contributed by atoms with Gasteiger partial charge in [0.15, 0.2) is 0 Å². The van der Waals surface area contributed by atoms with Crippen LogP contribution in [0.15, 0.2) is 6.20 Å². The lowest BCUT2D eigenvalue weighted by Gasteiger charge is -2.16. The number of aromatic nitrogens is 1. The van der Waals surface area contributed by atoms with Crippen molar-refractivity contribution in [2.75, 3.05) is 0 Å². The van der Waals surface area contributed by atoms with E-state index in [9.17, 15) is 4.39 Å². The first kappa shape index (κ1) is 8.60. The molecule has 0 aliphatic carbocycles. The van der Waals surface area contributed by atoms with E-state index >= 15 is 0 Å². The molecule has 0 aliphatic heterocycles. The van der Waals surface area contributed by atoms with Crippen LogP contribution in [0.1, 0.15) is 26.3 Å². The summed E-state index contributed by atoms with van der Waals surface area (Å²) in [7, 11) is 0. The van der Waals surface area contributed by atoms with Crippen LogP contribution in [0, 0.1) is 5.95 Å². The Hall–Kier alpha value is -0.500. The van der Waals surface area contributed by atoms with E-state index in [2.05, 4.69) is 4.98 Å². The van der Waals surface area contributed by atoms with Crippen LogP contribution in [0.3, 0.4) is 0 Å². The number of H-pyrrole nitrogens is 1. The lowest BCUT2D eigenvalue weighted by Crippen LogP contribution is -2.10. The molecule has 1 aromatic rings. The number of rotatable bonds is 0. The Balaban J connectivity index is 3.15. The van der Waals surface area contributed by atoms with Crippen LogP contribution in [-0.4, -0.2) is 4.98 Å². The molecule has 62 valence electrons. The fourth-order valence-corrected chi connectivity index (χ4v) is 1.32. The molecule has 1 heterocycles. The minimum atomic E-state index is -0.448. The zero-order valence-electron chi connectivity index (χ0n) is 6.83. The van der Waals surface area contributed by atoms with Crippen LogP contribution < -0.4 is 0 Å². The minimum Gasteiger partial charge on any atom is -0.337 e. The number of nitrogens with one attached hydrogen (secondary N) is 1. The Labute approximate surface area is 70.6 Å². The molecule has 0 aliphatic rings. The molecule has 0 radical (unpaired) electrons. The van der Waals surface area contributed by atoms with Gasteiger partial charge in [0.05, 0.1) is 5.02 Å². The van der Waals surface area contributed by atoms with Gasteiger partial charge in [-0.3, -0.25) is 0 Å². The monoisotopic (exact) mass is 175 g/mol. The third kappa shape index (κ3) is 1.56. The number of hydrogen-bond acceptors (Lipinski definition) is 0. The van der Waals surface area contributed by atoms with Crippen molar-refractivity contribution in [3.63, 3.8) is 0 Å². The van der Waals surface area contributed by atoms with Gasteiger partial charge in [-0.1, -0.05) is 32.4 Å². The predicted molar refractivity (Wildman–Crippen MR) is 44.5 cm³/mol. The summed E-state index contributed by atoms with van der Waals surface area (Å²) >= 11 is 5.69. The summed E-state index contributed by atoms with van der Waals surface area (Å²) in [6.07, 6.45) is 1.61. The standard InChI is InChI=1S/C8H11ClFN/c1-8(2,3)5-4-11-7(10)6(5)9/h4,11H,1-3H3. The van der Waals surface area contributed by atoms with Crippen LogP contribution >= 0.6 is 11.6 Å². The molecule has 1 rings (SSSR count). The van der Waals surface area contributed by atoms with Gasteiger partial charge >= 0.3 is 0 Å². The summed E-state index contributed by atoms with van der Waals surface area (Å²) in [6, 6.07) is 0. The molecule has 0 bridgehead atoms. The molecule has 0 spiro atoms. The van der Waals surface area contributed by atoms with E-state index in [0.717, 1.165) is 5.56 Å². The van der Waals surface area contributed by atoms with Crippen molar-refractivity contribution < 1.29 is 4.39 Å². The fraction of sp³-hybridized carbons (Fsp3) is 0.500. The summed E-state index contributed by atoms with van der Waals surface area (Å²) in [5, 5.41) is 0.206. The molecular weight excluding hydrogens is 165 g/mol. The first-order valence-corrected chi connectivity index (χ1v) is 3.83. The number of halogens is 2. The van der Waals surface area contributed by atoms with Gasteiger partial charge in [0.25, 0.3) is 0 Å². The first-order valence-electron chi connectivity index (χ1n) is 3.46. The third-order valence-corrected chi connectivity index (χ3v) is 1.95. The lowest BCUT2D eigenvalue weighted by atomic mass is 9.89. The van der Waals surface area contributed by atoms with E-state index < -0.39 is 5.95 Å². The Morgan fingerprint density at radius 1 is 1.45 bits per heavy atom. The second-order valence-corrected chi connectivity index (χ2v) is 3.96. The summed E-state index contributed by atoms with van der Waals surface area (Å²) < 4.78 is 12.7. The molecule has 1 nitrogen and oxygen atoms in total. The molecule has 1 aromatic heterocycles. The van der Waals surface area contributed by atoms with Crippen LogP contribution in [0.5, 0.6) is 0 Å². The van der Waals surface area contributed by atoms with Crippen molar-refractivity contribution in [1.82, 2.24) is 4.98 Å². The molecule has 0 atom stereocenters. The molecule has 0 saturated heterocycles. The van der Waals surface area contributed by atoms with E-state index in [1.54, 1.807) is 6.20 Å². The average molecular weight is 176 g/mol. The second kappa shape index (κ2) is 2.52. The van der Waals surface area contributed by atoms with Crippen LogP contribution in [0.2, 0.25) is 5.02 Å². The average Bonchev–Trinajstić information content (AvgIpc) is 2.11. The van der Waals surface area contributed by atoms with E-state index in [0.29, 0.717) is 0 Å². The minimum absolute atomic E-state index is 0.0993. The molecule has 0 saturated carbocycles. The number of aromatic amines is 1. The third-order valence-electron chi connectivity index (χ3n) is 1.58. The normalized spacial score (nSPS) is 12.1. The Morgan fingerprint density at radius 3 is 2.18 bits per heavy atom. The molecule has 0 amide bonds. The van der Waals surface area contributed by atoms with E-state index in [1.165, 1.54) is 0 Å². The fourth-order valence-electron chi connectivity index (χ4n) is 0.926. The van der Waals surface area contributed by atoms with Crippen molar-refractivity contribution in [1.29, 1.82) is 0 Å². The van der Waals surface area contributed by atoms with Gasteiger partial charge in [0.1, 0.15) is 0 Å². The maximum Gasteiger partial charge on any atom is 0.210 e. The van der Waals surface area contributed by atoms with Crippen molar-refractivity contribution in [3.8, 4) is 0 Å². The van der Waals surface area contributed by atoms with Crippen molar-refractivity contribution in [3.05, 3.63) is 22.7 Å². The van der Waals surface area contributed by atoms with Gasteiger partial charge in [0, 0.05) is 6.20 Å². The molecule has 0 fully saturated rings. The molecule has 0 unspecified atom stereocenters. The maximum atomic E-state index is 12.7. The smallest absolute Gasteiger partial charge is 0.210 e. The first-order chi connectivity index (χ1) is 4.93. The Morgan fingerprint density at radius 2 is 2.00 bits per heavy atom. The van der Waals surface area contributed by atoms with Gasteiger partial charge in [-0.05, 0) is 11.0 Å². The van der Waals surface area contributed by atoms with Gasteiger partial charge in [-0.15, -0.1) is 0 Å². The molecular formula is C8H11ClFN. The van der Waals surface area contributed by atoms with Crippen molar-refractivity contribution >= 4 is 11.6 Å². The van der Waals surface area contributed by atoms with Crippen LogP contribution in [-0.2, 0) is 5.41 Å². The van der Waals surface area contributed by atoms with Gasteiger partial charge in [-0.2, -0.15) is 4.39 Å². The van der Waals surface area contributed by atoms with Gasteiger partial charge < -0.3 is 4.98 Å². The SMILES string of the molecule is CC(C)(C)c1c[nH]c(F)c1Cl. The van der Waals surface area contributed by atoms with Gasteiger partial charge in [-0.25, -0.2) is 0 Å². The summed E-state index contributed by atoms with van der Waals surface area (Å²) in [5.74, 6) is -0.448.